The van der Waals surface area contributed by atoms with Gasteiger partial charge in [-0.2, -0.15) is 0 Å². The second kappa shape index (κ2) is 13.0. The van der Waals surface area contributed by atoms with Gasteiger partial charge in [-0.15, -0.1) is 10.2 Å². The number of ether oxygens (including phenoxy) is 3. The number of carbonyl (C=O) groups excluding carboxylic acids is 3. The summed E-state index contributed by atoms with van der Waals surface area (Å²) in [5.74, 6) is -1.11. The lowest BCUT2D eigenvalue weighted by molar-refractivity contribution is -0.268. The maximum atomic E-state index is 12.8. The predicted octanol–water partition coefficient (Wildman–Crippen LogP) is 5.16. The molecule has 1 unspecified atom stereocenters. The van der Waals surface area contributed by atoms with E-state index in [1.807, 2.05) is 55.5 Å². The number of aryl methyl sites for hydroxylation is 1. The van der Waals surface area contributed by atoms with Crippen molar-refractivity contribution in [3.63, 3.8) is 0 Å². The van der Waals surface area contributed by atoms with Gasteiger partial charge in [-0.25, -0.2) is 9.59 Å². The Morgan fingerprint density at radius 1 is 0.932 bits per heavy atom. The normalized spacial score (nSPS) is 21.2. The number of aromatic nitrogens is 2. The molecule has 1 fully saturated rings. The van der Waals surface area contributed by atoms with Crippen molar-refractivity contribution in [1.29, 1.82) is 0 Å². The lowest BCUT2D eigenvalue weighted by atomic mass is 9.91. The third-order valence-corrected chi connectivity index (χ3v) is 9.67. The maximum Gasteiger partial charge on any atom is 0.346 e. The molecule has 1 saturated heterocycles. The van der Waals surface area contributed by atoms with E-state index in [4.69, 9.17) is 9.47 Å². The van der Waals surface area contributed by atoms with Crippen LogP contribution in [0.5, 0.6) is 0 Å². The molecule has 10 nitrogen and oxygen atoms in total. The summed E-state index contributed by atoms with van der Waals surface area (Å²) in [7, 11) is 0. The molecule has 2 N–H and O–H groups in total. The molecule has 0 aliphatic carbocycles. The molecule has 3 aromatic carbocycles. The summed E-state index contributed by atoms with van der Waals surface area (Å²) >= 11 is 3.17. The molecule has 3 heterocycles. The van der Waals surface area contributed by atoms with Gasteiger partial charge in [0.25, 0.3) is 5.91 Å². The third-order valence-electron chi connectivity index (χ3n) is 7.61. The van der Waals surface area contributed by atoms with Crippen molar-refractivity contribution in [2.45, 2.75) is 49.8 Å². The van der Waals surface area contributed by atoms with Crippen molar-refractivity contribution in [3.05, 3.63) is 111 Å². The topological polar surface area (TPSA) is 137 Å². The lowest BCUT2D eigenvalue weighted by Crippen LogP contribution is -2.38. The number of rotatable bonds is 9. The second-order valence-electron chi connectivity index (χ2n) is 10.6. The zero-order valence-electron chi connectivity index (χ0n) is 23.9. The minimum absolute atomic E-state index is 0.0244. The number of hydrogen-bond donors (Lipinski definition) is 2. The van der Waals surface area contributed by atoms with Gasteiger partial charge in [0.15, 0.2) is 10.6 Å². The smallest absolute Gasteiger partial charge is 0.346 e. The zero-order valence-corrected chi connectivity index (χ0v) is 25.5. The number of esters is 2. The van der Waals surface area contributed by atoms with Crippen LogP contribution in [0.25, 0.3) is 0 Å². The molecule has 1 aromatic heterocycles. The zero-order chi connectivity index (χ0) is 30.8. The van der Waals surface area contributed by atoms with Crippen LogP contribution in [0.15, 0.2) is 71.1 Å². The summed E-state index contributed by atoms with van der Waals surface area (Å²) < 4.78 is 18.5. The molecule has 12 heteroatoms. The summed E-state index contributed by atoms with van der Waals surface area (Å²) in [6.07, 6.45) is -0.987. The van der Waals surface area contributed by atoms with E-state index in [-0.39, 0.29) is 53.9 Å². The number of cyclic esters (lactones) is 2. The molecule has 2 aliphatic rings. The predicted molar refractivity (Wildman–Crippen MR) is 162 cm³/mol. The van der Waals surface area contributed by atoms with Gasteiger partial charge in [0.05, 0.1) is 29.9 Å². The number of amides is 1. The number of carbonyl (C=O) groups is 3. The van der Waals surface area contributed by atoms with E-state index in [1.165, 1.54) is 18.2 Å². The number of hydrogen-bond acceptors (Lipinski definition) is 11. The highest BCUT2D eigenvalue weighted by atomic mass is 32.2. The van der Waals surface area contributed by atoms with E-state index in [1.54, 1.807) is 23.1 Å². The van der Waals surface area contributed by atoms with Crippen LogP contribution in [0.2, 0.25) is 0 Å². The van der Waals surface area contributed by atoms with Gasteiger partial charge >= 0.3 is 11.9 Å². The Labute approximate surface area is 261 Å². The van der Waals surface area contributed by atoms with Gasteiger partial charge in [-0.05, 0) is 41.8 Å². The van der Waals surface area contributed by atoms with Crippen molar-refractivity contribution < 1.29 is 33.7 Å². The quantitative estimate of drug-likeness (QED) is 0.145. The van der Waals surface area contributed by atoms with E-state index in [9.17, 15) is 19.5 Å². The molecule has 226 valence electrons. The van der Waals surface area contributed by atoms with Crippen LogP contribution >= 0.6 is 23.1 Å². The average Bonchev–Trinajstić information content (AvgIpc) is 3.60. The summed E-state index contributed by atoms with van der Waals surface area (Å²) in [5, 5.41) is 21.6. The SMILES string of the molecule is Cc1nnc(SC[C@H]2OC(c3ccc(CNC(=O)c4ccc5c(c4)C(=O)OC5=O)cc3)O[C@@H](c3ccc(CO)cc3)[C@H]2C)s1. The molecule has 0 spiro atoms. The fraction of sp³-hybridized carbons (Fsp3) is 0.281. The number of fused-ring (bicyclic) bond motifs is 1. The first kappa shape index (κ1) is 30.1. The number of thioether (sulfide) groups is 1. The standard InChI is InChI=1S/C32H29N3O7S2/c1-17-26(16-43-32-35-34-18(2)44-32)40-31(41-27(17)21-7-5-20(15-36)6-8-21)22-9-3-19(4-10-22)14-33-28(37)23-11-12-24-25(13-23)30(39)42-29(24)38/h3-13,17,26-27,31,36H,14-16H2,1-2H3,(H,33,37)/t17-,26+,27+,31?/m0/s1. The van der Waals surface area contributed by atoms with Crippen LogP contribution in [0.4, 0.5) is 0 Å². The summed E-state index contributed by atoms with van der Waals surface area (Å²) in [4.78, 5) is 36.3. The molecular formula is C32H29N3O7S2. The van der Waals surface area contributed by atoms with E-state index < -0.39 is 18.2 Å². The monoisotopic (exact) mass is 631 g/mol. The van der Waals surface area contributed by atoms with Crippen LogP contribution in [-0.2, 0) is 27.4 Å². The lowest BCUT2D eigenvalue weighted by Gasteiger charge is -2.41. The van der Waals surface area contributed by atoms with Crippen LogP contribution in [0.3, 0.4) is 0 Å². The van der Waals surface area contributed by atoms with E-state index in [0.29, 0.717) is 5.75 Å². The molecular weight excluding hydrogens is 603 g/mol. The molecule has 2 aliphatic heterocycles. The first-order chi connectivity index (χ1) is 21.3. The van der Waals surface area contributed by atoms with Crippen molar-refractivity contribution in [2.75, 3.05) is 5.75 Å². The highest BCUT2D eigenvalue weighted by Gasteiger charge is 2.38. The van der Waals surface area contributed by atoms with Crippen LogP contribution in [-0.4, -0.2) is 45.0 Å². The minimum Gasteiger partial charge on any atom is -0.392 e. The summed E-state index contributed by atoms with van der Waals surface area (Å²) in [6, 6.07) is 19.7. The van der Waals surface area contributed by atoms with E-state index in [0.717, 1.165) is 31.6 Å². The van der Waals surface area contributed by atoms with Crippen LogP contribution < -0.4 is 5.32 Å². The average molecular weight is 632 g/mol. The Hall–Kier alpha value is -3.94. The Morgan fingerprint density at radius 3 is 2.34 bits per heavy atom. The molecule has 0 saturated carbocycles. The fourth-order valence-corrected chi connectivity index (χ4v) is 7.11. The van der Waals surface area contributed by atoms with Crippen LogP contribution in [0, 0.1) is 12.8 Å². The summed E-state index contributed by atoms with van der Waals surface area (Å²) in [6.45, 7) is 4.28. The van der Waals surface area contributed by atoms with Crippen molar-refractivity contribution in [1.82, 2.24) is 15.5 Å². The van der Waals surface area contributed by atoms with Crippen LogP contribution in [0.1, 0.15) is 77.7 Å². The highest BCUT2D eigenvalue weighted by Crippen LogP contribution is 2.43. The van der Waals surface area contributed by atoms with Gasteiger partial charge in [0.1, 0.15) is 5.01 Å². The molecule has 0 bridgehead atoms. The number of aliphatic hydroxyl groups is 1. The van der Waals surface area contributed by atoms with Crippen molar-refractivity contribution >= 4 is 40.9 Å². The summed E-state index contributed by atoms with van der Waals surface area (Å²) in [5.41, 5.74) is 4.05. The fourth-order valence-electron chi connectivity index (χ4n) is 5.10. The molecule has 4 atom stereocenters. The number of benzene rings is 3. The van der Waals surface area contributed by atoms with Crippen molar-refractivity contribution in [3.8, 4) is 0 Å². The maximum absolute atomic E-state index is 12.8. The van der Waals surface area contributed by atoms with Gasteiger partial charge < -0.3 is 24.6 Å². The van der Waals surface area contributed by atoms with Gasteiger partial charge in [0, 0.05) is 29.3 Å². The second-order valence-corrected chi connectivity index (χ2v) is 13.0. The Bertz CT molecular complexity index is 1690. The van der Waals surface area contributed by atoms with Gasteiger partial charge in [0.2, 0.25) is 0 Å². The Balaban J connectivity index is 1.14. The number of aliphatic hydroxyl groups excluding tert-OH is 1. The Morgan fingerprint density at radius 2 is 1.64 bits per heavy atom. The third kappa shape index (κ3) is 6.44. The number of nitrogens with one attached hydrogen (secondary N) is 1. The Kier molecular flexibility index (Phi) is 8.87. The molecule has 4 aromatic rings. The van der Waals surface area contributed by atoms with Crippen molar-refractivity contribution in [2.24, 2.45) is 5.92 Å². The van der Waals surface area contributed by atoms with E-state index in [2.05, 4.69) is 27.2 Å². The molecule has 1 amide bonds. The minimum atomic E-state index is -0.752. The van der Waals surface area contributed by atoms with Gasteiger partial charge in [-0.3, -0.25) is 4.79 Å². The first-order valence-corrected chi connectivity index (χ1v) is 15.8. The molecule has 6 rings (SSSR count). The van der Waals surface area contributed by atoms with E-state index >= 15 is 0 Å². The van der Waals surface area contributed by atoms with Gasteiger partial charge in [-0.1, -0.05) is 78.6 Å². The molecule has 0 radical (unpaired) electrons. The first-order valence-electron chi connectivity index (χ1n) is 14.0. The molecule has 44 heavy (non-hydrogen) atoms. The number of nitrogens with zero attached hydrogens (tertiary/aromatic N) is 2. The highest BCUT2D eigenvalue weighted by molar-refractivity contribution is 8.01. The largest absolute Gasteiger partial charge is 0.392 e.